The number of ether oxygens (including phenoxy) is 1. The summed E-state index contributed by atoms with van der Waals surface area (Å²) in [6.45, 7) is 9.90. The van der Waals surface area contributed by atoms with Crippen LogP contribution >= 0.6 is 15.9 Å². The number of halogens is 1. The molecule has 0 aromatic heterocycles. The van der Waals surface area contributed by atoms with E-state index in [1.807, 2.05) is 35.2 Å². The van der Waals surface area contributed by atoms with Crippen molar-refractivity contribution in [1.82, 2.24) is 4.90 Å². The third-order valence-corrected chi connectivity index (χ3v) is 6.10. The van der Waals surface area contributed by atoms with Gasteiger partial charge in [0.1, 0.15) is 5.75 Å². The summed E-state index contributed by atoms with van der Waals surface area (Å²) in [7, 11) is 0. The number of para-hydroxylation sites is 1. The highest BCUT2D eigenvalue weighted by Crippen LogP contribution is 2.33. The van der Waals surface area contributed by atoms with Gasteiger partial charge in [0.25, 0.3) is 11.8 Å². The molecular formula is C25H31BrN2O3. The molecule has 3 rings (SSSR count). The van der Waals surface area contributed by atoms with Gasteiger partial charge < -0.3 is 15.0 Å². The summed E-state index contributed by atoms with van der Waals surface area (Å²) in [5.41, 5.74) is 1.93. The van der Waals surface area contributed by atoms with E-state index < -0.39 is 0 Å². The first-order chi connectivity index (χ1) is 14.6. The van der Waals surface area contributed by atoms with E-state index in [1.165, 1.54) is 0 Å². The zero-order valence-corrected chi connectivity index (χ0v) is 20.3. The summed E-state index contributed by atoms with van der Waals surface area (Å²) in [6, 6.07) is 13.0. The first kappa shape index (κ1) is 23.3. The average Bonchev–Trinajstić information content (AvgIpc) is 2.72. The fourth-order valence-electron chi connectivity index (χ4n) is 3.70. The van der Waals surface area contributed by atoms with E-state index in [-0.39, 0.29) is 23.8 Å². The van der Waals surface area contributed by atoms with Crippen LogP contribution in [0.1, 0.15) is 56.5 Å². The fourth-order valence-corrected chi connectivity index (χ4v) is 4.07. The van der Waals surface area contributed by atoms with Gasteiger partial charge in [-0.1, -0.05) is 55.8 Å². The Labute approximate surface area is 193 Å². The quantitative estimate of drug-likeness (QED) is 0.594. The molecular weight excluding hydrogens is 456 g/mol. The smallest absolute Gasteiger partial charge is 0.262 e. The van der Waals surface area contributed by atoms with Crippen molar-refractivity contribution in [2.45, 2.75) is 46.0 Å². The summed E-state index contributed by atoms with van der Waals surface area (Å²) in [5.74, 6) is 0.993. The van der Waals surface area contributed by atoms with Crippen LogP contribution < -0.4 is 10.1 Å². The molecule has 5 nitrogen and oxygen atoms in total. The third kappa shape index (κ3) is 6.10. The Kier molecular flexibility index (Phi) is 7.42. The first-order valence-electron chi connectivity index (χ1n) is 10.8. The molecule has 0 aliphatic carbocycles. The van der Waals surface area contributed by atoms with Crippen LogP contribution in [-0.4, -0.2) is 36.4 Å². The van der Waals surface area contributed by atoms with E-state index >= 15 is 0 Å². The van der Waals surface area contributed by atoms with Crippen LogP contribution in [0.5, 0.6) is 5.75 Å². The number of rotatable bonds is 5. The minimum Gasteiger partial charge on any atom is -0.483 e. The Morgan fingerprint density at radius 2 is 1.81 bits per heavy atom. The van der Waals surface area contributed by atoms with Gasteiger partial charge in [0.2, 0.25) is 0 Å². The number of amides is 2. The molecule has 6 heteroatoms. The van der Waals surface area contributed by atoms with E-state index in [1.54, 1.807) is 12.1 Å². The maximum Gasteiger partial charge on any atom is 0.262 e. The number of hydrogen-bond acceptors (Lipinski definition) is 3. The Morgan fingerprint density at radius 1 is 1.13 bits per heavy atom. The average molecular weight is 487 g/mol. The number of piperidine rings is 1. The number of benzene rings is 2. The number of likely N-dealkylation sites (tertiary alicyclic amines) is 1. The Hall–Kier alpha value is -2.34. The van der Waals surface area contributed by atoms with Gasteiger partial charge in [0.15, 0.2) is 6.61 Å². The van der Waals surface area contributed by atoms with E-state index in [2.05, 4.69) is 48.9 Å². The summed E-state index contributed by atoms with van der Waals surface area (Å²) < 4.78 is 6.82. The fraction of sp³-hybridized carbons (Fsp3) is 0.440. The van der Waals surface area contributed by atoms with Crippen LogP contribution in [0.25, 0.3) is 0 Å². The molecule has 0 unspecified atom stereocenters. The van der Waals surface area contributed by atoms with Crippen LogP contribution in [-0.2, 0) is 10.2 Å². The molecule has 2 amide bonds. The number of hydrogen-bond donors (Lipinski definition) is 1. The van der Waals surface area contributed by atoms with Crippen molar-refractivity contribution in [3.05, 3.63) is 58.1 Å². The molecule has 1 aliphatic heterocycles. The number of carbonyl (C=O) groups excluding carboxylic acids is 2. The minimum absolute atomic E-state index is 0.0355. The van der Waals surface area contributed by atoms with Gasteiger partial charge in [-0.05, 0) is 54.5 Å². The van der Waals surface area contributed by atoms with Crippen LogP contribution in [0.2, 0.25) is 0 Å². The number of nitrogens with one attached hydrogen (secondary N) is 1. The van der Waals surface area contributed by atoms with Gasteiger partial charge in [-0.3, -0.25) is 9.59 Å². The zero-order chi connectivity index (χ0) is 22.6. The molecule has 166 valence electrons. The zero-order valence-electron chi connectivity index (χ0n) is 18.7. The summed E-state index contributed by atoms with van der Waals surface area (Å²) in [5, 5.41) is 2.86. The minimum atomic E-state index is -0.296. The maximum atomic E-state index is 13.0. The monoisotopic (exact) mass is 486 g/mol. The molecule has 0 bridgehead atoms. The number of carbonyl (C=O) groups is 2. The standard InChI is InChI=1S/C25H31BrN2O3/c1-17-11-13-28(14-12-17)24(30)19-7-5-6-8-21(19)27-23(29)16-31-22-10-9-18(26)15-20(22)25(2,3)4/h5-10,15,17H,11-14,16H2,1-4H3,(H,27,29). The van der Waals surface area contributed by atoms with Gasteiger partial charge in [0, 0.05) is 23.1 Å². The van der Waals surface area contributed by atoms with Gasteiger partial charge in [-0.25, -0.2) is 0 Å². The lowest BCUT2D eigenvalue weighted by Gasteiger charge is -2.30. The molecule has 1 saturated heterocycles. The van der Waals surface area contributed by atoms with Crippen molar-refractivity contribution in [2.75, 3.05) is 25.0 Å². The molecule has 1 aliphatic rings. The van der Waals surface area contributed by atoms with E-state index in [4.69, 9.17) is 4.74 Å². The van der Waals surface area contributed by atoms with Crippen molar-refractivity contribution < 1.29 is 14.3 Å². The highest BCUT2D eigenvalue weighted by Gasteiger charge is 2.24. The largest absolute Gasteiger partial charge is 0.483 e. The maximum absolute atomic E-state index is 13.0. The van der Waals surface area contributed by atoms with E-state index in [0.717, 1.165) is 36.0 Å². The van der Waals surface area contributed by atoms with Gasteiger partial charge in [-0.2, -0.15) is 0 Å². The SMILES string of the molecule is CC1CCN(C(=O)c2ccccc2NC(=O)COc2ccc(Br)cc2C(C)(C)C)CC1. The summed E-state index contributed by atoms with van der Waals surface area (Å²) >= 11 is 3.50. The molecule has 0 spiro atoms. The first-order valence-corrected chi connectivity index (χ1v) is 11.6. The van der Waals surface area contributed by atoms with Crippen LogP contribution in [0, 0.1) is 5.92 Å². The molecule has 0 radical (unpaired) electrons. The van der Waals surface area contributed by atoms with Crippen molar-refractivity contribution in [1.29, 1.82) is 0 Å². The van der Waals surface area contributed by atoms with Gasteiger partial charge in [0.05, 0.1) is 11.3 Å². The summed E-state index contributed by atoms with van der Waals surface area (Å²) in [4.78, 5) is 27.5. The van der Waals surface area contributed by atoms with Crippen LogP contribution in [0.15, 0.2) is 46.9 Å². The molecule has 1 N–H and O–H groups in total. The van der Waals surface area contributed by atoms with E-state index in [0.29, 0.717) is 22.9 Å². The lowest BCUT2D eigenvalue weighted by Crippen LogP contribution is -2.38. The van der Waals surface area contributed by atoms with Crippen molar-refractivity contribution in [2.24, 2.45) is 5.92 Å². The van der Waals surface area contributed by atoms with Crippen LogP contribution in [0.3, 0.4) is 0 Å². The molecule has 31 heavy (non-hydrogen) atoms. The topological polar surface area (TPSA) is 58.6 Å². The predicted octanol–water partition coefficient (Wildman–Crippen LogP) is 5.64. The predicted molar refractivity (Wildman–Crippen MR) is 128 cm³/mol. The second kappa shape index (κ2) is 9.86. The van der Waals surface area contributed by atoms with Crippen molar-refractivity contribution >= 4 is 33.4 Å². The third-order valence-electron chi connectivity index (χ3n) is 5.61. The summed E-state index contributed by atoms with van der Waals surface area (Å²) in [6.07, 6.45) is 2.02. The number of anilines is 1. The Morgan fingerprint density at radius 3 is 2.48 bits per heavy atom. The molecule has 0 saturated carbocycles. The Bertz CT molecular complexity index is 944. The molecule has 2 aromatic rings. The molecule has 0 atom stereocenters. The normalized spacial score (nSPS) is 14.9. The highest BCUT2D eigenvalue weighted by atomic mass is 79.9. The molecule has 1 heterocycles. The van der Waals surface area contributed by atoms with Gasteiger partial charge >= 0.3 is 0 Å². The van der Waals surface area contributed by atoms with Crippen molar-refractivity contribution in [3.8, 4) is 5.75 Å². The van der Waals surface area contributed by atoms with Crippen molar-refractivity contribution in [3.63, 3.8) is 0 Å². The lowest BCUT2D eigenvalue weighted by molar-refractivity contribution is -0.118. The second-order valence-electron chi connectivity index (χ2n) is 9.25. The lowest BCUT2D eigenvalue weighted by atomic mass is 9.86. The van der Waals surface area contributed by atoms with E-state index in [9.17, 15) is 9.59 Å². The van der Waals surface area contributed by atoms with Crippen LogP contribution in [0.4, 0.5) is 5.69 Å². The number of nitrogens with zero attached hydrogens (tertiary/aromatic N) is 1. The van der Waals surface area contributed by atoms with Gasteiger partial charge in [-0.15, -0.1) is 0 Å². The Balaban J connectivity index is 1.68. The molecule has 2 aromatic carbocycles. The second-order valence-corrected chi connectivity index (χ2v) is 10.2. The highest BCUT2D eigenvalue weighted by molar-refractivity contribution is 9.10. The molecule has 1 fully saturated rings.